The molecule has 3 heteroatoms. The molecule has 2 aromatic carbocycles. The average Bonchev–Trinajstić information content (AvgIpc) is 2.49. The molecule has 20 heavy (non-hydrogen) atoms. The van der Waals surface area contributed by atoms with Gasteiger partial charge in [-0.2, -0.15) is 5.26 Å². The maximum Gasteiger partial charge on any atom is 0.104 e. The Hall–Kier alpha value is -2.15. The Balaban J connectivity index is 1.85. The first-order valence-electron chi connectivity index (χ1n) is 6.75. The molecule has 1 heterocycles. The zero-order valence-corrected chi connectivity index (χ0v) is 11.0. The predicted octanol–water partition coefficient (Wildman–Crippen LogP) is 2.29. The molecular formula is C17H16N2O. The van der Waals surface area contributed by atoms with E-state index in [2.05, 4.69) is 47.8 Å². The van der Waals surface area contributed by atoms with Gasteiger partial charge >= 0.3 is 0 Å². The topological polar surface area (TPSA) is 56.0 Å². The van der Waals surface area contributed by atoms with Gasteiger partial charge in [0.15, 0.2) is 0 Å². The van der Waals surface area contributed by atoms with E-state index in [4.69, 9.17) is 5.26 Å². The molecule has 0 radical (unpaired) electrons. The number of benzene rings is 2. The van der Waals surface area contributed by atoms with E-state index in [0.29, 0.717) is 0 Å². The molecule has 2 aromatic rings. The minimum atomic E-state index is -0.199. The van der Waals surface area contributed by atoms with Crippen LogP contribution in [0.3, 0.4) is 0 Å². The molecule has 0 aliphatic carbocycles. The first-order chi connectivity index (χ1) is 9.83. The van der Waals surface area contributed by atoms with E-state index in [-0.39, 0.29) is 24.6 Å². The summed E-state index contributed by atoms with van der Waals surface area (Å²) in [5.74, 6) is 0.0785. The number of hydrogen-bond acceptors (Lipinski definition) is 3. The predicted molar refractivity (Wildman–Crippen MR) is 78.0 cm³/mol. The van der Waals surface area contributed by atoms with Gasteiger partial charge in [0.1, 0.15) is 6.04 Å². The molecule has 1 aliphatic rings. The van der Waals surface area contributed by atoms with Crippen LogP contribution in [-0.4, -0.2) is 23.8 Å². The number of aliphatic hydroxyl groups is 1. The number of nitriles is 1. The van der Waals surface area contributed by atoms with Crippen LogP contribution in [0.15, 0.2) is 54.6 Å². The number of hydrogen-bond donors (Lipinski definition) is 2. The van der Waals surface area contributed by atoms with Crippen molar-refractivity contribution in [2.75, 3.05) is 6.61 Å². The van der Waals surface area contributed by atoms with Crippen molar-refractivity contribution in [3.8, 4) is 17.2 Å². The van der Waals surface area contributed by atoms with Gasteiger partial charge in [0, 0.05) is 12.0 Å². The zero-order valence-electron chi connectivity index (χ0n) is 11.0. The highest BCUT2D eigenvalue weighted by molar-refractivity contribution is 5.63. The molecule has 2 N–H and O–H groups in total. The van der Waals surface area contributed by atoms with Crippen molar-refractivity contribution in [2.24, 2.45) is 0 Å². The minimum absolute atomic E-state index is 0.0118. The number of nitrogens with one attached hydrogen (secondary N) is 1. The van der Waals surface area contributed by atoms with Crippen molar-refractivity contribution < 1.29 is 5.11 Å². The van der Waals surface area contributed by atoms with Gasteiger partial charge in [0.2, 0.25) is 0 Å². The maximum atomic E-state index is 9.29. The molecule has 1 aliphatic heterocycles. The average molecular weight is 264 g/mol. The van der Waals surface area contributed by atoms with Crippen LogP contribution >= 0.6 is 0 Å². The molecule has 0 amide bonds. The second kappa shape index (κ2) is 5.46. The van der Waals surface area contributed by atoms with E-state index < -0.39 is 0 Å². The third-order valence-corrected chi connectivity index (χ3v) is 3.92. The fourth-order valence-electron chi connectivity index (χ4n) is 2.79. The second-order valence-electron chi connectivity index (χ2n) is 5.08. The maximum absolute atomic E-state index is 9.29. The Morgan fingerprint density at radius 2 is 1.65 bits per heavy atom. The highest BCUT2D eigenvalue weighted by Crippen LogP contribution is 2.32. The van der Waals surface area contributed by atoms with Crippen LogP contribution in [0.4, 0.5) is 0 Å². The molecule has 1 saturated heterocycles. The quantitative estimate of drug-likeness (QED) is 0.894. The lowest BCUT2D eigenvalue weighted by atomic mass is 9.78. The number of nitrogens with zero attached hydrogens (tertiary/aromatic N) is 1. The van der Waals surface area contributed by atoms with Crippen LogP contribution in [0.25, 0.3) is 11.1 Å². The summed E-state index contributed by atoms with van der Waals surface area (Å²) in [4.78, 5) is 0. The summed E-state index contributed by atoms with van der Waals surface area (Å²) in [6.45, 7) is 0.0588. The largest absolute Gasteiger partial charge is 0.395 e. The summed E-state index contributed by atoms with van der Waals surface area (Å²) in [5.41, 5.74) is 3.45. The summed E-state index contributed by atoms with van der Waals surface area (Å²) >= 11 is 0. The van der Waals surface area contributed by atoms with E-state index in [1.54, 1.807) is 0 Å². The Morgan fingerprint density at radius 1 is 1.00 bits per heavy atom. The molecule has 0 unspecified atom stereocenters. The fourth-order valence-corrected chi connectivity index (χ4v) is 2.79. The molecule has 3 atom stereocenters. The van der Waals surface area contributed by atoms with Gasteiger partial charge in [0.05, 0.1) is 12.7 Å². The van der Waals surface area contributed by atoms with E-state index in [1.165, 1.54) is 5.56 Å². The Bertz CT molecular complexity index is 616. The zero-order chi connectivity index (χ0) is 13.9. The van der Waals surface area contributed by atoms with Crippen LogP contribution in [0.1, 0.15) is 11.5 Å². The molecule has 0 aromatic heterocycles. The molecule has 100 valence electrons. The molecule has 0 spiro atoms. The standard InChI is InChI=1S/C17H16N2O/c18-10-15-17(16(11-20)19-15)14-8-6-13(7-9-14)12-4-2-1-3-5-12/h1-9,15-17,19-20H,11H2/t15-,16-,17-/m0/s1. The van der Waals surface area contributed by atoms with Crippen LogP contribution in [0.2, 0.25) is 0 Å². The minimum Gasteiger partial charge on any atom is -0.395 e. The van der Waals surface area contributed by atoms with Crippen molar-refractivity contribution in [1.29, 1.82) is 5.26 Å². The lowest BCUT2D eigenvalue weighted by Gasteiger charge is -2.41. The van der Waals surface area contributed by atoms with Crippen molar-refractivity contribution in [1.82, 2.24) is 5.32 Å². The summed E-state index contributed by atoms with van der Waals surface area (Å²) in [7, 11) is 0. The molecular weight excluding hydrogens is 248 g/mol. The first-order valence-corrected chi connectivity index (χ1v) is 6.75. The van der Waals surface area contributed by atoms with Gasteiger partial charge in [0.25, 0.3) is 0 Å². The van der Waals surface area contributed by atoms with Gasteiger partial charge < -0.3 is 5.11 Å². The molecule has 3 nitrogen and oxygen atoms in total. The monoisotopic (exact) mass is 264 g/mol. The highest BCUT2D eigenvalue weighted by Gasteiger charge is 2.40. The molecule has 0 saturated carbocycles. The lowest BCUT2D eigenvalue weighted by molar-refractivity contribution is 0.151. The Morgan fingerprint density at radius 3 is 2.25 bits per heavy atom. The van der Waals surface area contributed by atoms with Crippen molar-refractivity contribution in [3.63, 3.8) is 0 Å². The highest BCUT2D eigenvalue weighted by atomic mass is 16.3. The van der Waals surface area contributed by atoms with E-state index >= 15 is 0 Å². The Kier molecular flexibility index (Phi) is 3.51. The van der Waals surface area contributed by atoms with Gasteiger partial charge in [-0.25, -0.2) is 0 Å². The molecule has 0 bridgehead atoms. The van der Waals surface area contributed by atoms with Crippen molar-refractivity contribution in [3.05, 3.63) is 60.2 Å². The summed E-state index contributed by atoms with van der Waals surface area (Å²) < 4.78 is 0. The van der Waals surface area contributed by atoms with Crippen LogP contribution in [0, 0.1) is 11.3 Å². The van der Waals surface area contributed by atoms with Gasteiger partial charge in [-0.15, -0.1) is 0 Å². The van der Waals surface area contributed by atoms with Crippen molar-refractivity contribution >= 4 is 0 Å². The smallest absolute Gasteiger partial charge is 0.104 e. The second-order valence-corrected chi connectivity index (χ2v) is 5.08. The Labute approximate surface area is 118 Å². The van der Waals surface area contributed by atoms with E-state index in [1.807, 2.05) is 18.2 Å². The van der Waals surface area contributed by atoms with Gasteiger partial charge in [-0.3, -0.25) is 5.32 Å². The molecule has 3 rings (SSSR count). The van der Waals surface area contributed by atoms with Crippen molar-refractivity contribution in [2.45, 2.75) is 18.0 Å². The first kappa shape index (κ1) is 12.9. The van der Waals surface area contributed by atoms with E-state index in [9.17, 15) is 5.11 Å². The van der Waals surface area contributed by atoms with Crippen LogP contribution in [-0.2, 0) is 0 Å². The summed E-state index contributed by atoms with van der Waals surface area (Å²) in [6.07, 6.45) is 0. The third-order valence-electron chi connectivity index (χ3n) is 3.92. The number of aliphatic hydroxyl groups excluding tert-OH is 1. The lowest BCUT2D eigenvalue weighted by Crippen LogP contribution is -2.60. The number of rotatable bonds is 3. The van der Waals surface area contributed by atoms with E-state index in [0.717, 1.165) is 11.1 Å². The van der Waals surface area contributed by atoms with Crippen LogP contribution in [0.5, 0.6) is 0 Å². The molecule has 1 fully saturated rings. The summed E-state index contributed by atoms with van der Waals surface area (Å²) in [5, 5.41) is 21.4. The van der Waals surface area contributed by atoms with Crippen LogP contribution < -0.4 is 5.32 Å². The SMILES string of the molecule is N#C[C@@H]1N[C@@H](CO)[C@H]1c1ccc(-c2ccccc2)cc1. The fraction of sp³-hybridized carbons (Fsp3) is 0.235. The third kappa shape index (κ3) is 2.20. The normalized spacial score (nSPS) is 24.7. The summed E-state index contributed by atoms with van der Waals surface area (Å²) in [6, 6.07) is 20.5. The van der Waals surface area contributed by atoms with Gasteiger partial charge in [-0.1, -0.05) is 54.6 Å². The van der Waals surface area contributed by atoms with Gasteiger partial charge in [-0.05, 0) is 16.7 Å².